The molecule has 1 heterocycles. The number of ether oxygens (including phenoxy) is 1. The molecular formula is C24H30NO2+. The molecule has 2 aromatic rings. The van der Waals surface area contributed by atoms with E-state index in [9.17, 15) is 4.79 Å². The average molecular weight is 365 g/mol. The van der Waals surface area contributed by atoms with Gasteiger partial charge in [-0.3, -0.25) is 0 Å². The molecule has 0 aliphatic carbocycles. The molecule has 1 aliphatic rings. The predicted octanol–water partition coefficient (Wildman–Crippen LogP) is 6.17. The van der Waals surface area contributed by atoms with Crippen molar-refractivity contribution in [2.45, 2.75) is 66.2 Å². The number of fused-ring (bicyclic) bond motifs is 1. The van der Waals surface area contributed by atoms with Crippen molar-refractivity contribution < 1.29 is 14.1 Å². The lowest BCUT2D eigenvalue weighted by molar-refractivity contribution is -0.328. The van der Waals surface area contributed by atoms with Crippen molar-refractivity contribution in [2.75, 3.05) is 0 Å². The van der Waals surface area contributed by atoms with Gasteiger partial charge in [-0.1, -0.05) is 69.9 Å². The van der Waals surface area contributed by atoms with Crippen LogP contribution in [0.1, 0.15) is 69.4 Å². The van der Waals surface area contributed by atoms with Crippen LogP contribution in [0.5, 0.6) is 5.75 Å². The van der Waals surface area contributed by atoms with Gasteiger partial charge in [0.15, 0.2) is 6.21 Å². The summed E-state index contributed by atoms with van der Waals surface area (Å²) in [5.41, 5.74) is 6.27. The van der Waals surface area contributed by atoms with E-state index in [0.29, 0.717) is 5.75 Å². The Kier molecular flexibility index (Phi) is 4.54. The van der Waals surface area contributed by atoms with Crippen LogP contribution in [0.25, 0.3) is 0 Å². The highest BCUT2D eigenvalue weighted by molar-refractivity contribution is 5.87. The van der Waals surface area contributed by atoms with Crippen molar-refractivity contribution in [1.29, 1.82) is 0 Å². The molecule has 0 saturated carbocycles. The lowest BCUT2D eigenvalue weighted by Crippen LogP contribution is -2.17. The van der Waals surface area contributed by atoms with Gasteiger partial charge in [-0.05, 0) is 41.9 Å². The molecule has 2 aromatic carbocycles. The third-order valence-corrected chi connectivity index (χ3v) is 5.09. The van der Waals surface area contributed by atoms with Gasteiger partial charge in [0, 0.05) is 17.2 Å². The second kappa shape index (κ2) is 6.33. The highest BCUT2D eigenvalue weighted by Gasteiger charge is 2.41. The normalized spacial score (nSPS) is 15.9. The van der Waals surface area contributed by atoms with Gasteiger partial charge < -0.3 is 4.74 Å². The van der Waals surface area contributed by atoms with E-state index in [1.54, 1.807) is 4.58 Å². The van der Waals surface area contributed by atoms with Crippen LogP contribution in [0.3, 0.4) is 0 Å². The topological polar surface area (TPSA) is 29.3 Å². The minimum atomic E-state index is -0.345. The number of carbonyl (C=O) groups excluding carboxylic acids is 1. The molecule has 1 aliphatic heterocycles. The Hall–Kier alpha value is -2.42. The molecule has 3 heteroatoms. The van der Waals surface area contributed by atoms with Crippen LogP contribution in [-0.2, 0) is 10.8 Å². The number of carbonyl (C=O) groups is 1. The van der Waals surface area contributed by atoms with Crippen molar-refractivity contribution in [3.05, 3.63) is 58.1 Å². The van der Waals surface area contributed by atoms with Gasteiger partial charge in [-0.2, -0.15) is 4.79 Å². The highest BCUT2D eigenvalue weighted by Crippen LogP contribution is 2.45. The molecule has 0 bridgehead atoms. The molecule has 0 atom stereocenters. The SMILES string of the molecule is Cc1ccc(C)c(/C=[N+]2/C(=O)Oc3c2cc(C(C)(C)C)cc3C(C)(C)C)c1. The van der Waals surface area contributed by atoms with Crippen LogP contribution in [0.2, 0.25) is 0 Å². The van der Waals surface area contributed by atoms with Crippen molar-refractivity contribution >= 4 is 18.0 Å². The Labute approximate surface area is 162 Å². The number of benzene rings is 2. The number of aryl methyl sites for hydroxylation is 2. The van der Waals surface area contributed by atoms with Crippen LogP contribution in [0, 0.1) is 13.8 Å². The summed E-state index contributed by atoms with van der Waals surface area (Å²) in [5, 5.41) is 0. The molecule has 0 saturated heterocycles. The second-order valence-electron chi connectivity index (χ2n) is 9.60. The Balaban J connectivity index is 2.28. The van der Waals surface area contributed by atoms with Crippen LogP contribution in [0.4, 0.5) is 10.5 Å². The van der Waals surface area contributed by atoms with Crippen LogP contribution >= 0.6 is 0 Å². The molecule has 0 fully saturated rings. The first-order chi connectivity index (χ1) is 12.4. The maximum absolute atomic E-state index is 12.7. The summed E-state index contributed by atoms with van der Waals surface area (Å²) in [4.78, 5) is 12.7. The molecule has 3 nitrogen and oxygen atoms in total. The molecule has 27 heavy (non-hydrogen) atoms. The molecule has 0 N–H and O–H groups in total. The summed E-state index contributed by atoms with van der Waals surface area (Å²) in [6.45, 7) is 17.1. The minimum Gasteiger partial charge on any atom is -0.365 e. The predicted molar refractivity (Wildman–Crippen MR) is 111 cm³/mol. The highest BCUT2D eigenvalue weighted by atomic mass is 16.6. The second-order valence-corrected chi connectivity index (χ2v) is 9.60. The lowest BCUT2D eigenvalue weighted by Gasteiger charge is -2.25. The van der Waals surface area contributed by atoms with Gasteiger partial charge in [0.25, 0.3) is 5.69 Å². The first-order valence-electron chi connectivity index (χ1n) is 9.50. The van der Waals surface area contributed by atoms with Crippen LogP contribution in [-0.4, -0.2) is 16.9 Å². The van der Waals surface area contributed by atoms with E-state index in [1.165, 1.54) is 11.1 Å². The number of hydrogen-bond donors (Lipinski definition) is 0. The molecule has 0 spiro atoms. The van der Waals surface area contributed by atoms with Gasteiger partial charge in [-0.25, -0.2) is 0 Å². The molecular weight excluding hydrogens is 334 g/mol. The van der Waals surface area contributed by atoms with Gasteiger partial charge in [-0.15, -0.1) is 0 Å². The Morgan fingerprint density at radius 2 is 1.59 bits per heavy atom. The maximum Gasteiger partial charge on any atom is 0.608 e. The molecule has 0 unspecified atom stereocenters. The lowest BCUT2D eigenvalue weighted by atomic mass is 9.80. The zero-order valence-electron chi connectivity index (χ0n) is 17.7. The number of hydrogen-bond acceptors (Lipinski definition) is 2. The van der Waals surface area contributed by atoms with Gasteiger partial charge in [0.05, 0.1) is 0 Å². The van der Waals surface area contributed by atoms with E-state index in [-0.39, 0.29) is 16.9 Å². The summed E-state index contributed by atoms with van der Waals surface area (Å²) >= 11 is 0. The van der Waals surface area contributed by atoms with Gasteiger partial charge in [0.2, 0.25) is 5.75 Å². The summed E-state index contributed by atoms with van der Waals surface area (Å²) < 4.78 is 7.40. The standard InChI is InChI=1S/C24H30NO2/c1-15-9-10-16(2)17(11-15)14-25-20-13-18(23(3,4)5)12-19(24(6,7)8)21(20)27-22(25)26/h9-14H,1-8H3/q+1/b25-14+. The van der Waals surface area contributed by atoms with E-state index in [0.717, 1.165) is 22.4 Å². The average Bonchev–Trinajstić information content (AvgIpc) is 2.84. The van der Waals surface area contributed by atoms with Gasteiger partial charge in [0.1, 0.15) is 0 Å². The fraction of sp³-hybridized carbons (Fsp3) is 0.417. The molecule has 1 amide bonds. The number of rotatable bonds is 1. The molecule has 0 aromatic heterocycles. The summed E-state index contributed by atoms with van der Waals surface area (Å²) in [7, 11) is 0. The zero-order valence-corrected chi connectivity index (χ0v) is 17.7. The monoisotopic (exact) mass is 364 g/mol. The smallest absolute Gasteiger partial charge is 0.365 e. The van der Waals surface area contributed by atoms with Crippen molar-refractivity contribution in [3.63, 3.8) is 0 Å². The van der Waals surface area contributed by atoms with Gasteiger partial charge >= 0.3 is 6.09 Å². The maximum atomic E-state index is 12.7. The summed E-state index contributed by atoms with van der Waals surface area (Å²) in [6.07, 6.45) is 1.55. The van der Waals surface area contributed by atoms with Crippen molar-refractivity contribution in [2.24, 2.45) is 0 Å². The molecule has 142 valence electrons. The Morgan fingerprint density at radius 1 is 0.926 bits per heavy atom. The van der Waals surface area contributed by atoms with Crippen LogP contribution < -0.4 is 4.74 Å². The molecule has 0 radical (unpaired) electrons. The van der Waals surface area contributed by atoms with E-state index < -0.39 is 0 Å². The van der Waals surface area contributed by atoms with Crippen LogP contribution in [0.15, 0.2) is 30.3 Å². The van der Waals surface area contributed by atoms with E-state index in [1.807, 2.05) is 6.21 Å². The Morgan fingerprint density at radius 3 is 2.19 bits per heavy atom. The van der Waals surface area contributed by atoms with E-state index >= 15 is 0 Å². The first kappa shape index (κ1) is 19.3. The Bertz CT molecular complexity index is 954. The largest absolute Gasteiger partial charge is 0.608 e. The summed E-state index contributed by atoms with van der Waals surface area (Å²) in [6, 6.07) is 10.5. The first-order valence-corrected chi connectivity index (χ1v) is 9.50. The summed E-state index contributed by atoms with van der Waals surface area (Å²) in [5.74, 6) is 0.682. The quantitative estimate of drug-likeness (QED) is 0.566. The molecule has 3 rings (SSSR count). The third-order valence-electron chi connectivity index (χ3n) is 5.09. The van der Waals surface area contributed by atoms with Crippen molar-refractivity contribution in [1.82, 2.24) is 0 Å². The zero-order chi connectivity index (χ0) is 20.1. The minimum absolute atomic E-state index is 0.0222. The fourth-order valence-electron chi connectivity index (χ4n) is 3.29. The van der Waals surface area contributed by atoms with E-state index in [2.05, 4.69) is 85.7 Å². The number of nitrogens with zero attached hydrogens (tertiary/aromatic N) is 1. The van der Waals surface area contributed by atoms with E-state index in [4.69, 9.17) is 4.74 Å². The third kappa shape index (κ3) is 3.69. The fourth-order valence-corrected chi connectivity index (χ4v) is 3.29. The van der Waals surface area contributed by atoms with Crippen molar-refractivity contribution in [3.8, 4) is 5.75 Å². The number of amides is 1.